The Balaban J connectivity index is 1.18. The third-order valence-corrected chi connectivity index (χ3v) is 16.9. The summed E-state index contributed by atoms with van der Waals surface area (Å²) in [6, 6.07) is 11.7. The molecule has 84 heavy (non-hydrogen) atoms. The first kappa shape index (κ1) is 64.4. The van der Waals surface area contributed by atoms with Crippen molar-refractivity contribution in [1.82, 2.24) is 52.3 Å². The van der Waals surface area contributed by atoms with Gasteiger partial charge in [0, 0.05) is 47.9 Å². The van der Waals surface area contributed by atoms with Crippen molar-refractivity contribution in [3.63, 3.8) is 0 Å². The number of fused-ring (bicyclic) bond motifs is 2. The van der Waals surface area contributed by atoms with Gasteiger partial charge in [-0.3, -0.25) is 43.2 Å². The molecular formula is C64H91N11O9. The molecule has 4 aliphatic rings. The Morgan fingerprint density at radius 3 is 1.40 bits per heavy atom. The summed E-state index contributed by atoms with van der Waals surface area (Å²) in [5.74, 6) is -4.69. The quantitative estimate of drug-likeness (QED) is 0.0741. The summed E-state index contributed by atoms with van der Waals surface area (Å²) in [6.07, 6.45) is 7.29. The normalized spacial score (nSPS) is 22.1. The molecule has 0 saturated carbocycles. The second-order valence-corrected chi connectivity index (χ2v) is 25.9. The molecule has 7 rings (SSSR count). The average molecular weight is 1160 g/mol. The fourth-order valence-corrected chi connectivity index (χ4v) is 12.0. The molecule has 0 aromatic heterocycles. The Bertz CT molecular complexity index is 2930. The minimum Gasteiger partial charge on any atom is -0.350 e. The Morgan fingerprint density at radius 1 is 0.583 bits per heavy atom. The molecule has 3 aromatic rings. The van der Waals surface area contributed by atoms with Gasteiger partial charge in [-0.05, 0) is 137 Å². The predicted molar refractivity (Wildman–Crippen MR) is 321 cm³/mol. The first-order valence-electron chi connectivity index (χ1n) is 30.2. The first-order chi connectivity index (χ1) is 39.7. The fourth-order valence-electron chi connectivity index (χ4n) is 12.0. The van der Waals surface area contributed by atoms with Crippen LogP contribution in [0.4, 0.5) is 0 Å². The number of amides is 9. The molecule has 2 saturated heterocycles. The van der Waals surface area contributed by atoms with E-state index in [1.165, 1.54) is 34.9 Å². The number of nitrogens with zero attached hydrogens (tertiary/aromatic N) is 2. The highest BCUT2D eigenvalue weighted by molar-refractivity contribution is 6.05. The number of benzene rings is 3. The van der Waals surface area contributed by atoms with E-state index >= 15 is 0 Å². The average Bonchev–Trinajstić information content (AvgIpc) is 2.95. The van der Waals surface area contributed by atoms with Gasteiger partial charge in [0.2, 0.25) is 35.4 Å². The number of carbonyl (C=O) groups excluding carboxylic acids is 9. The van der Waals surface area contributed by atoms with Gasteiger partial charge in [-0.15, -0.1) is 0 Å². The summed E-state index contributed by atoms with van der Waals surface area (Å²) in [5.41, 5.74) is 8.52. The number of nitrogens with two attached hydrogens (primary N) is 1. The van der Waals surface area contributed by atoms with Crippen molar-refractivity contribution in [2.45, 2.75) is 206 Å². The molecule has 0 bridgehead atoms. The molecule has 20 heteroatoms. The minimum absolute atomic E-state index is 0.00537. The topological polar surface area (TPSA) is 282 Å². The van der Waals surface area contributed by atoms with Crippen LogP contribution in [-0.4, -0.2) is 137 Å². The van der Waals surface area contributed by atoms with Crippen molar-refractivity contribution in [3.8, 4) is 0 Å². The Morgan fingerprint density at radius 2 is 1.00 bits per heavy atom. The summed E-state index contributed by atoms with van der Waals surface area (Å²) < 4.78 is 0. The molecule has 2 fully saturated rings. The molecule has 0 unspecified atom stereocenters. The highest BCUT2D eigenvalue weighted by Gasteiger charge is 2.48. The summed E-state index contributed by atoms with van der Waals surface area (Å²) in [7, 11) is 1.64. The van der Waals surface area contributed by atoms with Crippen molar-refractivity contribution < 1.29 is 43.2 Å². The fraction of sp³-hybridized carbons (Fsp3) is 0.578. The lowest BCUT2D eigenvalue weighted by Crippen LogP contribution is -2.59. The molecule has 10 N–H and O–H groups in total. The maximum atomic E-state index is 14.9. The second-order valence-electron chi connectivity index (χ2n) is 25.9. The summed E-state index contributed by atoms with van der Waals surface area (Å²) >= 11 is 0. The number of hydrogen-bond acceptors (Lipinski definition) is 11. The van der Waals surface area contributed by atoms with Crippen LogP contribution in [0.2, 0.25) is 0 Å². The monoisotopic (exact) mass is 1160 g/mol. The van der Waals surface area contributed by atoms with Gasteiger partial charge in [-0.2, -0.15) is 0 Å². The number of unbranched alkanes of at least 4 members (excludes halogenated alkanes) is 1. The third kappa shape index (κ3) is 15.8. The molecule has 456 valence electrons. The summed E-state index contributed by atoms with van der Waals surface area (Å²) in [5, 5.41) is 24.1. The molecule has 9 amide bonds. The van der Waals surface area contributed by atoms with Crippen molar-refractivity contribution in [1.29, 1.82) is 0 Å². The lowest BCUT2D eigenvalue weighted by molar-refractivity contribution is -0.144. The maximum Gasteiger partial charge on any atom is 0.251 e. The van der Waals surface area contributed by atoms with Gasteiger partial charge in [-0.1, -0.05) is 110 Å². The predicted octanol–water partition coefficient (Wildman–Crippen LogP) is 4.80. The minimum atomic E-state index is -1.09. The van der Waals surface area contributed by atoms with E-state index in [1.807, 2.05) is 83.1 Å². The van der Waals surface area contributed by atoms with E-state index in [4.69, 9.17) is 5.73 Å². The summed E-state index contributed by atoms with van der Waals surface area (Å²) in [4.78, 5) is 132. The van der Waals surface area contributed by atoms with Crippen LogP contribution in [0.1, 0.15) is 192 Å². The SMILES string of the molecule is CCCC[C@H](C)NC(=O)c1cc(C(=O)N[C@H]2C[C@@H](C(=O)N[C@@H]3CCCc4ccccc43)N(C(=O)[C@@H](NC(=O)[C@H](C)N)C(C)(C)C)C2)cc(C(=O)N[C@H]2C[C@@H](C(=O)N[C@@H]3CCCc4ccccc43)N(C(=O)[C@@H](NC(=O)[C@H](C)NC)C(C)(C)C)C2)c1. The zero-order valence-electron chi connectivity index (χ0n) is 51.0. The Hall–Kier alpha value is -7.19. The van der Waals surface area contributed by atoms with Crippen LogP contribution < -0.4 is 48.3 Å². The number of likely N-dealkylation sites (N-methyl/N-ethyl adjacent to an activating group) is 1. The molecule has 11 atom stereocenters. The van der Waals surface area contributed by atoms with E-state index < -0.39 is 112 Å². The van der Waals surface area contributed by atoms with Crippen LogP contribution in [0.5, 0.6) is 0 Å². The van der Waals surface area contributed by atoms with Gasteiger partial charge in [-0.25, -0.2) is 0 Å². The number of rotatable bonds is 20. The van der Waals surface area contributed by atoms with E-state index in [1.54, 1.807) is 34.7 Å². The van der Waals surface area contributed by atoms with E-state index in [0.717, 1.165) is 60.8 Å². The Kier molecular flexibility index (Phi) is 21.2. The molecule has 20 nitrogen and oxygen atoms in total. The van der Waals surface area contributed by atoms with Crippen LogP contribution >= 0.6 is 0 Å². The smallest absolute Gasteiger partial charge is 0.251 e. The van der Waals surface area contributed by atoms with Gasteiger partial charge < -0.3 is 58.1 Å². The second kappa shape index (κ2) is 27.7. The van der Waals surface area contributed by atoms with E-state index in [2.05, 4.69) is 42.5 Å². The van der Waals surface area contributed by atoms with Gasteiger partial charge in [0.05, 0.1) is 24.2 Å². The third-order valence-electron chi connectivity index (χ3n) is 16.9. The van der Waals surface area contributed by atoms with Crippen molar-refractivity contribution in [2.75, 3.05) is 20.1 Å². The zero-order valence-corrected chi connectivity index (χ0v) is 51.0. The molecule has 3 aromatic carbocycles. The molecule has 0 spiro atoms. The largest absolute Gasteiger partial charge is 0.350 e. The van der Waals surface area contributed by atoms with Crippen molar-refractivity contribution in [2.24, 2.45) is 16.6 Å². The lowest BCUT2D eigenvalue weighted by atomic mass is 9.85. The molecule has 2 heterocycles. The molecule has 2 aliphatic heterocycles. The lowest BCUT2D eigenvalue weighted by Gasteiger charge is -2.36. The van der Waals surface area contributed by atoms with Gasteiger partial charge in [0.1, 0.15) is 24.2 Å². The van der Waals surface area contributed by atoms with Crippen LogP contribution in [0.3, 0.4) is 0 Å². The van der Waals surface area contributed by atoms with Gasteiger partial charge >= 0.3 is 0 Å². The number of carbonyl (C=O) groups is 9. The highest BCUT2D eigenvalue weighted by Crippen LogP contribution is 2.34. The maximum absolute atomic E-state index is 14.9. The number of likely N-dealkylation sites (tertiary alicyclic amines) is 2. The number of aryl methyl sites for hydroxylation is 2. The highest BCUT2D eigenvalue weighted by atomic mass is 16.2. The Labute approximate surface area is 495 Å². The van der Waals surface area contributed by atoms with Crippen LogP contribution in [-0.2, 0) is 41.6 Å². The zero-order chi connectivity index (χ0) is 61.4. The number of nitrogens with one attached hydrogen (secondary N) is 8. The van der Waals surface area contributed by atoms with Crippen LogP contribution in [0.25, 0.3) is 0 Å². The van der Waals surface area contributed by atoms with Gasteiger partial charge in [0.15, 0.2) is 0 Å². The van der Waals surface area contributed by atoms with E-state index in [0.29, 0.717) is 19.3 Å². The molecular weight excluding hydrogens is 1070 g/mol. The summed E-state index contributed by atoms with van der Waals surface area (Å²) in [6.45, 7) is 17.8. The van der Waals surface area contributed by atoms with Gasteiger partial charge in [0.25, 0.3) is 17.7 Å². The standard InChI is InChI=1S/C64H91N11O9/c1-12-13-20-36(2)67-56(78)41-29-42(57(79)68-44-32-50(59(81)70-48-27-18-23-39-21-14-16-25-46(39)48)74(34-44)61(83)52(63(5,6)7)72-54(76)37(3)65)31-43(30-41)58(80)69-45-33-51(60(82)71-49-28-19-24-40-22-15-17-26-47(40)49)75(35-45)62(84)53(64(8,9)10)73-55(77)38(4)66-11/h14-17,21-22,25-26,29-31,36-38,44-45,48-53,66H,12-13,18-20,23-24,27-28,32-35,65H2,1-11H3,(H,67,78)(H,68,79)(H,69,80)(H,70,81)(H,71,82)(H,72,76)(H,73,77)/t36-,37-,38-,44-,45-,48+,49+,50-,51-,52+,53+/m0/s1. The van der Waals surface area contributed by atoms with Crippen molar-refractivity contribution in [3.05, 3.63) is 106 Å². The van der Waals surface area contributed by atoms with E-state index in [-0.39, 0.29) is 60.7 Å². The van der Waals surface area contributed by atoms with Crippen molar-refractivity contribution >= 4 is 53.2 Å². The van der Waals surface area contributed by atoms with E-state index in [9.17, 15) is 43.2 Å². The molecule has 2 aliphatic carbocycles. The first-order valence-corrected chi connectivity index (χ1v) is 30.2. The van der Waals surface area contributed by atoms with Crippen LogP contribution in [0.15, 0.2) is 66.7 Å². The molecule has 0 radical (unpaired) electrons. The number of hydrogen-bond donors (Lipinski definition) is 9. The van der Waals surface area contributed by atoms with Crippen LogP contribution in [0, 0.1) is 10.8 Å².